The van der Waals surface area contributed by atoms with Crippen LogP contribution in [0.25, 0.3) is 0 Å². The molecular formula is C24H38N2O3. The van der Waals surface area contributed by atoms with Gasteiger partial charge in [0.1, 0.15) is 12.4 Å². The van der Waals surface area contributed by atoms with E-state index in [0.29, 0.717) is 43.0 Å². The Morgan fingerprint density at radius 2 is 2.00 bits per heavy atom. The van der Waals surface area contributed by atoms with Gasteiger partial charge in [-0.2, -0.15) is 0 Å². The fourth-order valence-electron chi connectivity index (χ4n) is 7.28. The molecule has 0 bridgehead atoms. The SMILES string of the molecule is C=C1C[C@@]2(O)C/C(=N\OCCCNC)CC[C@]2(C)[C@H]2CC[C@]3(C)C(=O)CC[C@H]3[C@H]12. The van der Waals surface area contributed by atoms with E-state index in [1.807, 2.05) is 7.05 Å². The lowest BCUT2D eigenvalue weighted by molar-refractivity contribution is -0.170. The Labute approximate surface area is 175 Å². The maximum absolute atomic E-state index is 12.6. The first-order valence-electron chi connectivity index (χ1n) is 11.5. The number of oxime groups is 1. The molecule has 0 spiro atoms. The number of aliphatic hydroxyl groups is 1. The summed E-state index contributed by atoms with van der Waals surface area (Å²) in [5.74, 6) is 1.65. The van der Waals surface area contributed by atoms with Crippen molar-refractivity contribution >= 4 is 11.5 Å². The van der Waals surface area contributed by atoms with Crippen LogP contribution >= 0.6 is 0 Å². The van der Waals surface area contributed by atoms with Crippen molar-refractivity contribution in [3.63, 3.8) is 0 Å². The molecule has 29 heavy (non-hydrogen) atoms. The topological polar surface area (TPSA) is 70.9 Å². The predicted molar refractivity (Wildman–Crippen MR) is 115 cm³/mol. The summed E-state index contributed by atoms with van der Waals surface area (Å²) in [7, 11) is 1.93. The Kier molecular flexibility index (Phi) is 5.44. The van der Waals surface area contributed by atoms with Crippen LogP contribution in [0.1, 0.15) is 71.6 Å². The number of Topliss-reactive ketones (excluding diaryl/α,β-unsaturated/α-hetero) is 1. The second-order valence-electron chi connectivity index (χ2n) is 10.6. The lowest BCUT2D eigenvalue weighted by Gasteiger charge is -2.63. The maximum atomic E-state index is 12.6. The number of fused-ring (bicyclic) bond motifs is 5. The predicted octanol–water partition coefficient (Wildman–Crippen LogP) is 3.86. The third-order valence-electron chi connectivity index (χ3n) is 9.14. The van der Waals surface area contributed by atoms with Crippen LogP contribution in [-0.4, -0.2) is 42.4 Å². The molecule has 4 saturated carbocycles. The minimum atomic E-state index is -0.799. The van der Waals surface area contributed by atoms with Crippen molar-refractivity contribution in [2.24, 2.45) is 33.7 Å². The van der Waals surface area contributed by atoms with Crippen LogP contribution in [-0.2, 0) is 9.63 Å². The zero-order valence-corrected chi connectivity index (χ0v) is 18.4. The zero-order valence-electron chi connectivity index (χ0n) is 18.4. The van der Waals surface area contributed by atoms with Crippen LogP contribution in [0.3, 0.4) is 0 Å². The smallest absolute Gasteiger partial charge is 0.139 e. The van der Waals surface area contributed by atoms with Crippen molar-refractivity contribution in [3.05, 3.63) is 12.2 Å². The fraction of sp³-hybridized carbons (Fsp3) is 0.833. The van der Waals surface area contributed by atoms with E-state index < -0.39 is 5.60 Å². The molecule has 0 aromatic rings. The van der Waals surface area contributed by atoms with Gasteiger partial charge >= 0.3 is 0 Å². The molecule has 0 unspecified atom stereocenters. The molecule has 4 aliphatic carbocycles. The van der Waals surface area contributed by atoms with Gasteiger partial charge in [0.2, 0.25) is 0 Å². The van der Waals surface area contributed by atoms with Gasteiger partial charge in [0.25, 0.3) is 0 Å². The summed E-state index contributed by atoms with van der Waals surface area (Å²) < 4.78 is 0. The van der Waals surface area contributed by atoms with Crippen LogP contribution in [0.4, 0.5) is 0 Å². The Balaban J connectivity index is 1.53. The molecule has 0 aromatic carbocycles. The molecule has 0 saturated heterocycles. The molecule has 0 aromatic heterocycles. The van der Waals surface area contributed by atoms with Crippen LogP contribution in [0.5, 0.6) is 0 Å². The van der Waals surface area contributed by atoms with Gasteiger partial charge in [0.05, 0.1) is 11.3 Å². The van der Waals surface area contributed by atoms with Crippen LogP contribution in [0.15, 0.2) is 17.3 Å². The molecule has 0 radical (unpaired) electrons. The first-order valence-corrected chi connectivity index (χ1v) is 11.5. The summed E-state index contributed by atoms with van der Waals surface area (Å²) in [6.07, 6.45) is 7.67. The molecule has 4 aliphatic rings. The lowest BCUT2D eigenvalue weighted by atomic mass is 9.43. The molecule has 5 nitrogen and oxygen atoms in total. The lowest BCUT2D eigenvalue weighted by Crippen LogP contribution is -2.63. The van der Waals surface area contributed by atoms with Gasteiger partial charge in [-0.15, -0.1) is 0 Å². The van der Waals surface area contributed by atoms with Crippen molar-refractivity contribution in [1.82, 2.24) is 5.32 Å². The summed E-state index contributed by atoms with van der Waals surface area (Å²) in [6.45, 7) is 10.5. The monoisotopic (exact) mass is 402 g/mol. The highest BCUT2D eigenvalue weighted by atomic mass is 16.6. The van der Waals surface area contributed by atoms with E-state index in [4.69, 9.17) is 4.84 Å². The van der Waals surface area contributed by atoms with E-state index in [2.05, 4.69) is 30.9 Å². The highest BCUT2D eigenvalue weighted by molar-refractivity contribution is 5.87. The molecule has 6 atom stereocenters. The number of nitrogens with one attached hydrogen (secondary N) is 1. The van der Waals surface area contributed by atoms with Crippen molar-refractivity contribution in [3.8, 4) is 0 Å². The van der Waals surface area contributed by atoms with E-state index in [0.717, 1.165) is 62.8 Å². The number of nitrogens with zero attached hydrogens (tertiary/aromatic N) is 1. The summed E-state index contributed by atoms with van der Waals surface area (Å²) in [4.78, 5) is 18.2. The molecule has 4 rings (SSSR count). The summed E-state index contributed by atoms with van der Waals surface area (Å²) in [5.41, 5.74) is 1.04. The van der Waals surface area contributed by atoms with E-state index in [1.54, 1.807) is 0 Å². The van der Waals surface area contributed by atoms with Gasteiger partial charge in [0.15, 0.2) is 0 Å². The molecule has 0 amide bonds. The van der Waals surface area contributed by atoms with Crippen LogP contribution in [0, 0.1) is 28.6 Å². The van der Waals surface area contributed by atoms with Gasteiger partial charge < -0.3 is 15.3 Å². The quantitative estimate of drug-likeness (QED) is 0.416. The average Bonchev–Trinajstić information content (AvgIpc) is 2.98. The van der Waals surface area contributed by atoms with Crippen molar-refractivity contribution in [1.29, 1.82) is 0 Å². The number of carbonyl (C=O) groups is 1. The number of ketones is 1. The highest BCUT2D eigenvalue weighted by Gasteiger charge is 2.65. The van der Waals surface area contributed by atoms with E-state index in [1.165, 1.54) is 0 Å². The second-order valence-corrected chi connectivity index (χ2v) is 10.6. The molecule has 0 aliphatic heterocycles. The molecule has 2 N–H and O–H groups in total. The van der Waals surface area contributed by atoms with Crippen LogP contribution < -0.4 is 5.32 Å². The average molecular weight is 403 g/mol. The fourth-order valence-corrected chi connectivity index (χ4v) is 7.28. The van der Waals surface area contributed by atoms with Crippen molar-refractivity contribution in [2.45, 2.75) is 77.2 Å². The summed E-state index contributed by atoms with van der Waals surface area (Å²) in [5, 5.41) is 19.3. The van der Waals surface area contributed by atoms with Crippen molar-refractivity contribution < 1.29 is 14.7 Å². The third-order valence-corrected chi connectivity index (χ3v) is 9.14. The second kappa shape index (κ2) is 7.49. The molecule has 4 fully saturated rings. The Morgan fingerprint density at radius 3 is 2.76 bits per heavy atom. The number of carbonyl (C=O) groups excluding carboxylic acids is 1. The standard InChI is InChI=1S/C24H38N2O3/c1-16-14-24(28)15-17(26-29-13-5-12-25-4)8-11-23(24,3)19-9-10-22(2)18(21(16)19)6-7-20(22)27/h18-19,21,25,28H,1,5-15H2,2-4H3/b26-17-/t18-,19-,21-,22-,23+,24+/m0/s1. The Hall–Kier alpha value is -1.20. The van der Waals surface area contributed by atoms with Gasteiger partial charge in [-0.05, 0) is 76.3 Å². The maximum Gasteiger partial charge on any atom is 0.139 e. The summed E-state index contributed by atoms with van der Waals surface area (Å²) in [6, 6.07) is 0. The van der Waals surface area contributed by atoms with E-state index in [-0.39, 0.29) is 10.8 Å². The normalized spacial score (nSPS) is 45.7. The number of hydrogen-bond donors (Lipinski definition) is 2. The first kappa shape index (κ1) is 21.0. The number of rotatable bonds is 5. The highest BCUT2D eigenvalue weighted by Crippen LogP contribution is 2.67. The Bertz CT molecular complexity index is 719. The molecular weight excluding hydrogens is 364 g/mol. The van der Waals surface area contributed by atoms with Gasteiger partial charge in [0, 0.05) is 23.7 Å². The van der Waals surface area contributed by atoms with Gasteiger partial charge in [-0.1, -0.05) is 31.2 Å². The minimum Gasteiger partial charge on any atom is -0.396 e. The largest absolute Gasteiger partial charge is 0.396 e. The minimum absolute atomic E-state index is 0.142. The van der Waals surface area contributed by atoms with E-state index in [9.17, 15) is 9.90 Å². The van der Waals surface area contributed by atoms with Gasteiger partial charge in [-0.3, -0.25) is 4.79 Å². The molecule has 0 heterocycles. The zero-order chi connectivity index (χ0) is 20.9. The molecule has 162 valence electrons. The number of hydrogen-bond acceptors (Lipinski definition) is 5. The summed E-state index contributed by atoms with van der Waals surface area (Å²) >= 11 is 0. The van der Waals surface area contributed by atoms with Crippen molar-refractivity contribution in [2.75, 3.05) is 20.2 Å². The Morgan fingerprint density at radius 1 is 1.21 bits per heavy atom. The van der Waals surface area contributed by atoms with Gasteiger partial charge in [-0.25, -0.2) is 0 Å². The van der Waals surface area contributed by atoms with E-state index >= 15 is 0 Å². The first-order chi connectivity index (χ1) is 13.7. The third kappa shape index (κ3) is 3.20. The molecule has 5 heteroatoms. The van der Waals surface area contributed by atoms with Crippen LogP contribution in [0.2, 0.25) is 0 Å².